The maximum Gasteiger partial charge on any atom is 0.227 e. The van der Waals surface area contributed by atoms with E-state index in [9.17, 15) is 14.3 Å². The normalized spacial score (nSPS) is 22.5. The summed E-state index contributed by atoms with van der Waals surface area (Å²) in [5, 5.41) is 13.0. The Bertz CT molecular complexity index is 463. The van der Waals surface area contributed by atoms with Crippen LogP contribution in [0.2, 0.25) is 5.02 Å². The second-order valence-corrected chi connectivity index (χ2v) is 5.08. The van der Waals surface area contributed by atoms with Crippen molar-refractivity contribution >= 4 is 17.5 Å². The maximum absolute atomic E-state index is 13.6. The van der Waals surface area contributed by atoms with Crippen LogP contribution in [-0.4, -0.2) is 48.2 Å². The molecule has 0 bridgehead atoms. The van der Waals surface area contributed by atoms with Gasteiger partial charge in [-0.05, 0) is 12.1 Å². The highest BCUT2D eigenvalue weighted by Gasteiger charge is 2.31. The summed E-state index contributed by atoms with van der Waals surface area (Å²) in [6, 6.07) is 4.05. The molecule has 1 aromatic carbocycles. The maximum atomic E-state index is 13.6. The third-order valence-electron chi connectivity index (χ3n) is 3.43. The lowest BCUT2D eigenvalue weighted by Gasteiger charge is -2.26. The van der Waals surface area contributed by atoms with Crippen LogP contribution in [0.15, 0.2) is 18.2 Å². The number of benzene rings is 1. The van der Waals surface area contributed by atoms with E-state index in [1.807, 2.05) is 0 Å². The molecule has 1 fully saturated rings. The lowest BCUT2D eigenvalue weighted by molar-refractivity contribution is -0.132. The minimum absolute atomic E-state index is 0.106. The topological polar surface area (TPSA) is 52.6 Å². The van der Waals surface area contributed by atoms with Crippen molar-refractivity contribution in [3.63, 3.8) is 0 Å². The molecule has 2 N–H and O–H groups in total. The van der Waals surface area contributed by atoms with Crippen LogP contribution >= 0.6 is 11.6 Å². The first kappa shape index (κ1) is 14.2. The van der Waals surface area contributed by atoms with Gasteiger partial charge in [-0.3, -0.25) is 4.79 Å². The molecule has 1 amide bonds. The molecule has 6 heteroatoms. The molecule has 2 rings (SSSR count). The molecule has 1 aliphatic heterocycles. The first-order valence-electron chi connectivity index (χ1n) is 6.08. The molecule has 4 nitrogen and oxygen atoms in total. The Labute approximate surface area is 116 Å². The number of aliphatic hydroxyl groups excluding tert-OH is 1. The molecule has 104 valence electrons. The van der Waals surface area contributed by atoms with Crippen molar-refractivity contribution in [3.8, 4) is 0 Å². The van der Waals surface area contributed by atoms with Crippen LogP contribution in [0.5, 0.6) is 0 Å². The number of amides is 1. The Hall–Kier alpha value is -1.17. The minimum atomic E-state index is -0.593. The number of aliphatic hydroxyl groups is 1. The highest BCUT2D eigenvalue weighted by Crippen LogP contribution is 2.20. The summed E-state index contributed by atoms with van der Waals surface area (Å²) in [7, 11) is 1.61. The van der Waals surface area contributed by atoms with Gasteiger partial charge in [0.2, 0.25) is 5.91 Å². The van der Waals surface area contributed by atoms with Crippen LogP contribution < -0.4 is 5.32 Å². The van der Waals surface area contributed by atoms with Crippen LogP contribution in [0.3, 0.4) is 0 Å². The summed E-state index contributed by atoms with van der Waals surface area (Å²) in [5.41, 5.74) is 0.196. The second kappa shape index (κ2) is 5.86. The molecule has 0 aliphatic carbocycles. The smallest absolute Gasteiger partial charge is 0.227 e. The number of nitrogens with zero attached hydrogens (tertiary/aromatic N) is 1. The number of halogens is 2. The number of carbonyl (C=O) groups is 1. The fraction of sp³-hybridized carbons (Fsp3) is 0.462. The van der Waals surface area contributed by atoms with Crippen LogP contribution in [0.1, 0.15) is 5.56 Å². The highest BCUT2D eigenvalue weighted by atomic mass is 35.5. The third kappa shape index (κ3) is 3.05. The van der Waals surface area contributed by atoms with Crippen molar-refractivity contribution in [2.24, 2.45) is 0 Å². The molecular formula is C13H16ClFN2O2. The van der Waals surface area contributed by atoms with Crippen LogP contribution in [0.4, 0.5) is 4.39 Å². The summed E-state index contributed by atoms with van der Waals surface area (Å²) in [5.74, 6) is -0.751. The van der Waals surface area contributed by atoms with Crippen molar-refractivity contribution in [3.05, 3.63) is 34.6 Å². The molecule has 19 heavy (non-hydrogen) atoms. The first-order chi connectivity index (χ1) is 9.00. The molecule has 0 aromatic heterocycles. The Kier molecular flexibility index (Phi) is 4.39. The lowest BCUT2D eigenvalue weighted by atomic mass is 10.1. The van der Waals surface area contributed by atoms with E-state index in [0.717, 1.165) is 0 Å². The standard InChI is InChI=1S/C13H16ClFN2O2/c1-17(11-6-16-7-12(11)18)13(19)5-8-9(14)3-2-4-10(8)15/h2-4,11-12,16,18H,5-7H2,1H3/t11-,12-/m1/s1. The fourth-order valence-electron chi connectivity index (χ4n) is 2.21. The number of likely N-dealkylation sites (N-methyl/N-ethyl adjacent to an activating group) is 1. The zero-order valence-corrected chi connectivity index (χ0v) is 11.3. The molecule has 0 saturated carbocycles. The molecule has 2 atom stereocenters. The van der Waals surface area contributed by atoms with Gasteiger partial charge >= 0.3 is 0 Å². The van der Waals surface area contributed by atoms with Gasteiger partial charge in [0.05, 0.1) is 18.6 Å². The van der Waals surface area contributed by atoms with Crippen LogP contribution in [0, 0.1) is 5.82 Å². The van der Waals surface area contributed by atoms with Gasteiger partial charge in [-0.15, -0.1) is 0 Å². The van der Waals surface area contributed by atoms with Gasteiger partial charge in [-0.25, -0.2) is 4.39 Å². The zero-order valence-electron chi connectivity index (χ0n) is 10.6. The molecule has 1 aromatic rings. The summed E-state index contributed by atoms with van der Waals surface area (Å²) in [4.78, 5) is 13.6. The van der Waals surface area contributed by atoms with Gasteiger partial charge in [0.1, 0.15) is 5.82 Å². The van der Waals surface area contributed by atoms with Crippen molar-refractivity contribution in [1.29, 1.82) is 0 Å². The Morgan fingerprint density at radius 3 is 2.89 bits per heavy atom. The summed E-state index contributed by atoms with van der Waals surface area (Å²) in [6.45, 7) is 0.997. The number of rotatable bonds is 3. The summed E-state index contributed by atoms with van der Waals surface area (Å²) in [6.07, 6.45) is -0.698. The highest BCUT2D eigenvalue weighted by molar-refractivity contribution is 6.31. The molecule has 1 aliphatic rings. The quantitative estimate of drug-likeness (QED) is 0.865. The number of carbonyl (C=O) groups excluding carboxylic acids is 1. The third-order valence-corrected chi connectivity index (χ3v) is 3.79. The second-order valence-electron chi connectivity index (χ2n) is 4.67. The van der Waals surface area contributed by atoms with E-state index in [1.165, 1.54) is 17.0 Å². The number of nitrogens with one attached hydrogen (secondary N) is 1. The van der Waals surface area contributed by atoms with E-state index in [-0.39, 0.29) is 29.0 Å². The van der Waals surface area contributed by atoms with Gasteiger partial charge in [0.25, 0.3) is 0 Å². The largest absolute Gasteiger partial charge is 0.390 e. The first-order valence-corrected chi connectivity index (χ1v) is 6.46. The summed E-state index contributed by atoms with van der Waals surface area (Å²) < 4.78 is 13.6. The molecular weight excluding hydrogens is 271 g/mol. The number of β-amino-alcohol motifs (C(OH)–C–C–N with tert-alkyl or cyclic N) is 1. The molecule has 0 radical (unpaired) electrons. The van der Waals surface area contributed by atoms with Crippen LogP contribution in [0.25, 0.3) is 0 Å². The van der Waals surface area contributed by atoms with Crippen LogP contribution in [-0.2, 0) is 11.2 Å². The van der Waals surface area contributed by atoms with Crippen molar-refractivity contribution in [1.82, 2.24) is 10.2 Å². The van der Waals surface area contributed by atoms with Gasteiger partial charge in [-0.1, -0.05) is 17.7 Å². The minimum Gasteiger partial charge on any atom is -0.390 e. The van der Waals surface area contributed by atoms with Gasteiger partial charge < -0.3 is 15.3 Å². The fourth-order valence-corrected chi connectivity index (χ4v) is 2.44. The molecule has 0 spiro atoms. The van der Waals surface area contributed by atoms with Gasteiger partial charge in [0, 0.05) is 30.7 Å². The van der Waals surface area contributed by atoms with E-state index in [1.54, 1.807) is 13.1 Å². The van der Waals surface area contributed by atoms with E-state index < -0.39 is 11.9 Å². The van der Waals surface area contributed by atoms with E-state index >= 15 is 0 Å². The molecule has 0 unspecified atom stereocenters. The summed E-state index contributed by atoms with van der Waals surface area (Å²) >= 11 is 5.89. The van der Waals surface area contributed by atoms with Gasteiger partial charge in [0.15, 0.2) is 0 Å². The van der Waals surface area contributed by atoms with Crippen molar-refractivity contribution < 1.29 is 14.3 Å². The Morgan fingerprint density at radius 2 is 2.32 bits per heavy atom. The predicted molar refractivity (Wildman–Crippen MR) is 70.5 cm³/mol. The SMILES string of the molecule is CN(C(=O)Cc1c(F)cccc1Cl)[C@@H]1CNC[C@H]1O. The lowest BCUT2D eigenvalue weighted by Crippen LogP contribution is -2.44. The number of hydrogen-bond donors (Lipinski definition) is 2. The monoisotopic (exact) mass is 286 g/mol. The average Bonchev–Trinajstić information content (AvgIpc) is 2.79. The van der Waals surface area contributed by atoms with Crippen molar-refractivity contribution in [2.45, 2.75) is 18.6 Å². The van der Waals surface area contributed by atoms with E-state index in [2.05, 4.69) is 5.32 Å². The van der Waals surface area contributed by atoms with Gasteiger partial charge in [-0.2, -0.15) is 0 Å². The molecule has 1 saturated heterocycles. The molecule has 1 heterocycles. The van der Waals surface area contributed by atoms with E-state index in [4.69, 9.17) is 11.6 Å². The van der Waals surface area contributed by atoms with E-state index in [0.29, 0.717) is 13.1 Å². The zero-order chi connectivity index (χ0) is 14.0. The Morgan fingerprint density at radius 1 is 1.58 bits per heavy atom. The Balaban J connectivity index is 2.08. The number of hydrogen-bond acceptors (Lipinski definition) is 3. The average molecular weight is 287 g/mol. The predicted octanol–water partition coefficient (Wildman–Crippen LogP) is 0.813. The van der Waals surface area contributed by atoms with Crippen molar-refractivity contribution in [2.75, 3.05) is 20.1 Å².